The molecule has 2 amide bonds. The number of nitriles is 1. The minimum atomic E-state index is -0.364. The van der Waals surface area contributed by atoms with E-state index in [1.807, 2.05) is 50.3 Å². The van der Waals surface area contributed by atoms with E-state index < -0.39 is 0 Å². The van der Waals surface area contributed by atoms with Crippen LogP contribution in [0.15, 0.2) is 42.5 Å². The van der Waals surface area contributed by atoms with E-state index in [1.165, 1.54) is 7.11 Å². The van der Waals surface area contributed by atoms with Crippen molar-refractivity contribution >= 4 is 23.5 Å². The van der Waals surface area contributed by atoms with E-state index in [0.717, 1.165) is 11.1 Å². The van der Waals surface area contributed by atoms with Gasteiger partial charge in [0.2, 0.25) is 0 Å². The van der Waals surface area contributed by atoms with Gasteiger partial charge in [0.25, 0.3) is 0 Å². The van der Waals surface area contributed by atoms with Gasteiger partial charge in [0.15, 0.2) is 0 Å². The third kappa shape index (κ3) is 4.14. The molecular weight excluding hydrogens is 302 g/mol. The van der Waals surface area contributed by atoms with Crippen LogP contribution in [0.2, 0.25) is 0 Å². The van der Waals surface area contributed by atoms with Crippen molar-refractivity contribution in [3.05, 3.63) is 59.2 Å². The first-order chi connectivity index (χ1) is 11.6. The average molecular weight is 321 g/mol. The molecule has 0 saturated heterocycles. The van der Waals surface area contributed by atoms with Crippen LogP contribution in [0, 0.1) is 18.3 Å². The highest BCUT2D eigenvalue weighted by molar-refractivity contribution is 6.00. The third-order valence-corrected chi connectivity index (χ3v) is 3.46. The Bertz CT molecular complexity index is 820. The van der Waals surface area contributed by atoms with Crippen molar-refractivity contribution in [3.8, 4) is 11.8 Å². The van der Waals surface area contributed by atoms with Crippen LogP contribution in [0.25, 0.3) is 6.08 Å². The number of amides is 2. The highest BCUT2D eigenvalue weighted by Gasteiger charge is 2.07. The Morgan fingerprint density at radius 2 is 1.83 bits per heavy atom. The number of allylic oxidation sites excluding steroid dienone is 1. The maximum Gasteiger partial charge on any atom is 0.323 e. The Kier molecular flexibility index (Phi) is 5.58. The first-order valence-electron chi connectivity index (χ1n) is 7.47. The van der Waals surface area contributed by atoms with Gasteiger partial charge in [-0.2, -0.15) is 5.26 Å². The van der Waals surface area contributed by atoms with Crippen molar-refractivity contribution in [1.82, 2.24) is 0 Å². The van der Waals surface area contributed by atoms with Crippen molar-refractivity contribution in [2.24, 2.45) is 0 Å². The first-order valence-corrected chi connectivity index (χ1v) is 7.47. The van der Waals surface area contributed by atoms with Gasteiger partial charge in [0, 0.05) is 17.4 Å². The summed E-state index contributed by atoms with van der Waals surface area (Å²) in [6, 6.07) is 12.2. The van der Waals surface area contributed by atoms with Crippen LogP contribution in [-0.2, 0) is 0 Å². The fourth-order valence-electron chi connectivity index (χ4n) is 2.23. The second-order valence-corrected chi connectivity index (χ2v) is 5.18. The van der Waals surface area contributed by atoms with E-state index in [4.69, 9.17) is 10.00 Å². The third-order valence-electron chi connectivity index (χ3n) is 3.46. The molecule has 0 bridgehead atoms. The lowest BCUT2D eigenvalue weighted by molar-refractivity contribution is 0.262. The minimum Gasteiger partial charge on any atom is -0.495 e. The molecule has 2 aromatic rings. The Balaban J connectivity index is 2.11. The molecular formula is C19H19N3O2. The molecule has 0 fully saturated rings. The molecule has 2 N–H and O–H groups in total. The first kappa shape index (κ1) is 17.1. The van der Waals surface area contributed by atoms with Crippen molar-refractivity contribution in [2.75, 3.05) is 17.7 Å². The molecule has 0 heterocycles. The van der Waals surface area contributed by atoms with Gasteiger partial charge < -0.3 is 15.4 Å². The van der Waals surface area contributed by atoms with Gasteiger partial charge in [0.05, 0.1) is 12.7 Å². The molecule has 0 aliphatic heterocycles. The van der Waals surface area contributed by atoms with E-state index in [2.05, 4.69) is 10.6 Å². The zero-order valence-corrected chi connectivity index (χ0v) is 13.9. The molecule has 0 aliphatic carbocycles. The maximum absolute atomic E-state index is 12.1. The quantitative estimate of drug-likeness (QED) is 0.867. The minimum absolute atomic E-state index is 0.364. The number of aryl methyl sites for hydroxylation is 1. The molecule has 0 aromatic heterocycles. The van der Waals surface area contributed by atoms with Crippen LogP contribution < -0.4 is 15.4 Å². The highest BCUT2D eigenvalue weighted by atomic mass is 16.5. The van der Waals surface area contributed by atoms with Crippen LogP contribution in [0.3, 0.4) is 0 Å². The molecule has 2 aromatic carbocycles. The molecule has 0 atom stereocenters. The van der Waals surface area contributed by atoms with Crippen LogP contribution in [0.1, 0.15) is 23.6 Å². The topological polar surface area (TPSA) is 74.2 Å². The van der Waals surface area contributed by atoms with E-state index >= 15 is 0 Å². The SMILES string of the molecule is C/C=C\c1cc(NC(=O)Nc2ccc(C#N)c(OC)c2)ccc1C. The second kappa shape index (κ2) is 7.84. The Hall–Kier alpha value is -3.26. The number of anilines is 2. The second-order valence-electron chi connectivity index (χ2n) is 5.18. The maximum atomic E-state index is 12.1. The molecule has 0 aliphatic rings. The van der Waals surface area contributed by atoms with Crippen LogP contribution in [0.4, 0.5) is 16.2 Å². The number of hydrogen-bond donors (Lipinski definition) is 2. The number of nitrogens with one attached hydrogen (secondary N) is 2. The summed E-state index contributed by atoms with van der Waals surface area (Å²) in [5.74, 6) is 0.418. The van der Waals surface area contributed by atoms with Crippen molar-refractivity contribution in [3.63, 3.8) is 0 Å². The van der Waals surface area contributed by atoms with Crippen molar-refractivity contribution < 1.29 is 9.53 Å². The zero-order valence-electron chi connectivity index (χ0n) is 13.9. The number of nitrogens with zero attached hydrogens (tertiary/aromatic N) is 1. The van der Waals surface area contributed by atoms with Gasteiger partial charge in [-0.1, -0.05) is 18.2 Å². The van der Waals surface area contributed by atoms with Gasteiger partial charge in [0.1, 0.15) is 11.8 Å². The highest BCUT2D eigenvalue weighted by Crippen LogP contribution is 2.23. The van der Waals surface area contributed by atoms with Gasteiger partial charge >= 0.3 is 6.03 Å². The lowest BCUT2D eigenvalue weighted by Gasteiger charge is -2.11. The summed E-state index contributed by atoms with van der Waals surface area (Å²) in [6.07, 6.45) is 3.94. The summed E-state index contributed by atoms with van der Waals surface area (Å²) < 4.78 is 5.13. The summed E-state index contributed by atoms with van der Waals surface area (Å²) in [6.45, 7) is 3.97. The number of rotatable bonds is 4. The molecule has 0 spiro atoms. The smallest absolute Gasteiger partial charge is 0.323 e. The number of benzene rings is 2. The number of carbonyl (C=O) groups excluding carboxylic acids is 1. The molecule has 0 saturated carbocycles. The number of carbonyl (C=O) groups is 1. The molecule has 5 heteroatoms. The molecule has 5 nitrogen and oxygen atoms in total. The molecule has 24 heavy (non-hydrogen) atoms. The average Bonchev–Trinajstić information content (AvgIpc) is 2.58. The van der Waals surface area contributed by atoms with Gasteiger partial charge in [-0.25, -0.2) is 4.79 Å². The van der Waals surface area contributed by atoms with Crippen molar-refractivity contribution in [2.45, 2.75) is 13.8 Å². The predicted octanol–water partition coefficient (Wildman–Crippen LogP) is 4.55. The summed E-state index contributed by atoms with van der Waals surface area (Å²) >= 11 is 0. The molecule has 0 radical (unpaired) electrons. The number of hydrogen-bond acceptors (Lipinski definition) is 3. The number of urea groups is 1. The largest absolute Gasteiger partial charge is 0.495 e. The van der Waals surface area contributed by atoms with Crippen LogP contribution in [0.5, 0.6) is 5.75 Å². The normalized spacial score (nSPS) is 10.2. The lowest BCUT2D eigenvalue weighted by Crippen LogP contribution is -2.19. The van der Waals surface area contributed by atoms with E-state index in [-0.39, 0.29) is 6.03 Å². The van der Waals surface area contributed by atoms with Gasteiger partial charge in [-0.05, 0) is 49.2 Å². The number of ether oxygens (including phenoxy) is 1. The molecule has 2 rings (SSSR count). The lowest BCUT2D eigenvalue weighted by atomic mass is 10.1. The fraction of sp³-hybridized carbons (Fsp3) is 0.158. The summed E-state index contributed by atoms with van der Waals surface area (Å²) in [5, 5.41) is 14.5. The summed E-state index contributed by atoms with van der Waals surface area (Å²) in [5.41, 5.74) is 3.85. The molecule has 122 valence electrons. The van der Waals surface area contributed by atoms with E-state index in [1.54, 1.807) is 18.2 Å². The number of methoxy groups -OCH3 is 1. The Morgan fingerprint density at radius 3 is 2.46 bits per heavy atom. The van der Waals surface area contributed by atoms with Crippen molar-refractivity contribution in [1.29, 1.82) is 5.26 Å². The summed E-state index contributed by atoms with van der Waals surface area (Å²) in [4.78, 5) is 12.1. The molecule has 0 unspecified atom stereocenters. The monoisotopic (exact) mass is 321 g/mol. The van der Waals surface area contributed by atoms with Gasteiger partial charge in [-0.3, -0.25) is 0 Å². The Morgan fingerprint density at radius 1 is 1.17 bits per heavy atom. The standard InChI is InChI=1S/C19H19N3O2/c1-4-5-14-10-16(8-6-13(14)2)21-19(23)22-17-9-7-15(12-20)18(11-17)24-3/h4-11H,1-3H3,(H2,21,22,23)/b5-4-. The van der Waals surface area contributed by atoms with Crippen LogP contribution >= 0.6 is 0 Å². The van der Waals surface area contributed by atoms with Gasteiger partial charge in [-0.15, -0.1) is 0 Å². The van der Waals surface area contributed by atoms with Crippen LogP contribution in [-0.4, -0.2) is 13.1 Å². The van der Waals surface area contributed by atoms with E-state index in [0.29, 0.717) is 22.7 Å². The summed E-state index contributed by atoms with van der Waals surface area (Å²) in [7, 11) is 1.48. The predicted molar refractivity (Wildman–Crippen MR) is 96.2 cm³/mol. The van der Waals surface area contributed by atoms with E-state index in [9.17, 15) is 4.79 Å². The zero-order chi connectivity index (χ0) is 17.5. The Labute approximate surface area is 141 Å². The fourth-order valence-corrected chi connectivity index (χ4v) is 2.23.